The van der Waals surface area contributed by atoms with Gasteiger partial charge in [-0.15, -0.1) is 0 Å². The van der Waals surface area contributed by atoms with Crippen molar-refractivity contribution in [3.8, 4) is 11.8 Å². The van der Waals surface area contributed by atoms with E-state index in [1.807, 2.05) is 0 Å². The Kier molecular flexibility index (Phi) is 6.06. The van der Waals surface area contributed by atoms with Gasteiger partial charge in [-0.25, -0.2) is 0 Å². The first-order valence-corrected chi connectivity index (χ1v) is 7.36. The monoisotopic (exact) mass is 307 g/mol. The molecular formula is C16H18ClNO3. The van der Waals surface area contributed by atoms with E-state index in [0.717, 1.165) is 12.8 Å². The molecule has 1 aliphatic rings. The first kappa shape index (κ1) is 15.8. The first-order valence-electron chi connectivity index (χ1n) is 6.98. The summed E-state index contributed by atoms with van der Waals surface area (Å²) in [7, 11) is 0. The summed E-state index contributed by atoms with van der Waals surface area (Å²) in [5.74, 6) is 5.74. The van der Waals surface area contributed by atoms with Gasteiger partial charge in [-0.05, 0) is 31.0 Å². The minimum Gasteiger partial charge on any atom is -0.395 e. The maximum Gasteiger partial charge on any atom is 0.227 e. The van der Waals surface area contributed by atoms with E-state index in [4.69, 9.17) is 21.4 Å². The number of benzene rings is 1. The molecule has 1 aromatic rings. The number of aliphatic hydroxyl groups excluding tert-OH is 1. The normalized spacial score (nSPS) is 15.1. The number of amides is 1. The van der Waals surface area contributed by atoms with Crippen molar-refractivity contribution in [2.24, 2.45) is 5.92 Å². The van der Waals surface area contributed by atoms with E-state index in [1.54, 1.807) is 18.2 Å². The predicted molar refractivity (Wildman–Crippen MR) is 82.2 cm³/mol. The Hall–Kier alpha value is -1.54. The standard InChI is InChI=1S/C16H18ClNO3/c17-14-5-4-12(3-1-2-8-19)15(11-14)18-16(20)13-6-9-21-10-7-13/h4-5,11,13,19H,2,6-10H2,(H,18,20). The van der Waals surface area contributed by atoms with Gasteiger partial charge in [0.25, 0.3) is 0 Å². The molecule has 4 nitrogen and oxygen atoms in total. The number of carbonyl (C=O) groups excluding carboxylic acids is 1. The Morgan fingerprint density at radius 2 is 2.19 bits per heavy atom. The fourth-order valence-corrected chi connectivity index (χ4v) is 2.31. The SMILES string of the molecule is O=C(Nc1cc(Cl)ccc1C#CCCO)C1CCOCC1. The molecule has 5 heteroatoms. The van der Waals surface area contributed by atoms with Crippen LogP contribution in [0.3, 0.4) is 0 Å². The van der Waals surface area contributed by atoms with E-state index in [2.05, 4.69) is 17.2 Å². The van der Waals surface area contributed by atoms with Gasteiger partial charge in [-0.2, -0.15) is 0 Å². The van der Waals surface area contributed by atoms with Crippen LogP contribution in [0, 0.1) is 17.8 Å². The van der Waals surface area contributed by atoms with Gasteiger partial charge in [0.15, 0.2) is 0 Å². The van der Waals surface area contributed by atoms with Crippen molar-refractivity contribution in [3.63, 3.8) is 0 Å². The second-order valence-electron chi connectivity index (χ2n) is 4.84. The van der Waals surface area contributed by atoms with E-state index in [-0.39, 0.29) is 18.4 Å². The van der Waals surface area contributed by atoms with Crippen molar-refractivity contribution in [2.45, 2.75) is 19.3 Å². The third kappa shape index (κ3) is 4.75. The molecule has 1 saturated heterocycles. The number of hydrogen-bond acceptors (Lipinski definition) is 3. The predicted octanol–water partition coefficient (Wildman–Crippen LogP) is 2.44. The zero-order chi connectivity index (χ0) is 15.1. The van der Waals surface area contributed by atoms with Crippen LogP contribution >= 0.6 is 11.6 Å². The molecule has 0 atom stereocenters. The summed E-state index contributed by atoms with van der Waals surface area (Å²) in [5, 5.41) is 12.2. The molecule has 0 aromatic heterocycles. The molecule has 1 fully saturated rings. The van der Waals surface area contributed by atoms with Gasteiger partial charge in [0, 0.05) is 36.1 Å². The second kappa shape index (κ2) is 8.04. The number of anilines is 1. The van der Waals surface area contributed by atoms with Gasteiger partial charge in [-0.3, -0.25) is 4.79 Å². The average Bonchev–Trinajstić information content (AvgIpc) is 2.50. The van der Waals surface area contributed by atoms with Gasteiger partial charge in [0.05, 0.1) is 12.3 Å². The molecule has 1 aliphatic heterocycles. The largest absolute Gasteiger partial charge is 0.395 e. The number of halogens is 1. The Morgan fingerprint density at radius 3 is 2.90 bits per heavy atom. The maximum absolute atomic E-state index is 12.3. The Labute approximate surface area is 129 Å². The lowest BCUT2D eigenvalue weighted by Crippen LogP contribution is -2.28. The van der Waals surface area contributed by atoms with Crippen LogP contribution in [-0.2, 0) is 9.53 Å². The summed E-state index contributed by atoms with van der Waals surface area (Å²) in [6.07, 6.45) is 1.87. The van der Waals surface area contributed by atoms with E-state index < -0.39 is 0 Å². The highest BCUT2D eigenvalue weighted by molar-refractivity contribution is 6.31. The zero-order valence-electron chi connectivity index (χ0n) is 11.7. The smallest absolute Gasteiger partial charge is 0.227 e. The van der Waals surface area contributed by atoms with Crippen LogP contribution in [0.2, 0.25) is 5.02 Å². The van der Waals surface area contributed by atoms with E-state index in [0.29, 0.717) is 35.9 Å². The summed E-state index contributed by atoms with van der Waals surface area (Å²) in [5.41, 5.74) is 1.32. The molecule has 0 saturated carbocycles. The lowest BCUT2D eigenvalue weighted by molar-refractivity contribution is -0.122. The number of aliphatic hydroxyl groups is 1. The van der Waals surface area contributed by atoms with Crippen LogP contribution in [0.15, 0.2) is 18.2 Å². The molecule has 1 heterocycles. The molecular weight excluding hydrogens is 290 g/mol. The highest BCUT2D eigenvalue weighted by atomic mass is 35.5. The molecule has 2 N–H and O–H groups in total. The minimum absolute atomic E-state index is 0.0182. The number of ether oxygens (including phenoxy) is 1. The summed E-state index contributed by atoms with van der Waals surface area (Å²) < 4.78 is 5.26. The van der Waals surface area contributed by atoms with Crippen LogP contribution in [0.1, 0.15) is 24.8 Å². The van der Waals surface area contributed by atoms with Crippen LogP contribution in [0.25, 0.3) is 0 Å². The lowest BCUT2D eigenvalue weighted by atomic mass is 9.99. The molecule has 0 spiro atoms. The van der Waals surface area contributed by atoms with E-state index in [1.165, 1.54) is 0 Å². The number of rotatable bonds is 3. The van der Waals surface area contributed by atoms with Gasteiger partial charge in [0.2, 0.25) is 5.91 Å². The van der Waals surface area contributed by atoms with Crippen LogP contribution in [0.5, 0.6) is 0 Å². The Morgan fingerprint density at radius 1 is 1.43 bits per heavy atom. The van der Waals surface area contributed by atoms with Crippen molar-refractivity contribution in [1.29, 1.82) is 0 Å². The zero-order valence-corrected chi connectivity index (χ0v) is 12.4. The summed E-state index contributed by atoms with van der Waals surface area (Å²) in [4.78, 5) is 12.3. The molecule has 2 rings (SSSR count). The first-order chi connectivity index (χ1) is 10.2. The molecule has 1 amide bonds. The summed E-state index contributed by atoms with van der Waals surface area (Å²) >= 11 is 5.99. The molecule has 21 heavy (non-hydrogen) atoms. The quantitative estimate of drug-likeness (QED) is 0.843. The lowest BCUT2D eigenvalue weighted by Gasteiger charge is -2.21. The van der Waals surface area contributed by atoms with Gasteiger partial charge in [0.1, 0.15) is 0 Å². The second-order valence-corrected chi connectivity index (χ2v) is 5.28. The van der Waals surface area contributed by atoms with Crippen molar-refractivity contribution in [1.82, 2.24) is 0 Å². The van der Waals surface area contributed by atoms with E-state index in [9.17, 15) is 4.79 Å². The number of carbonyl (C=O) groups is 1. The van der Waals surface area contributed by atoms with Crippen molar-refractivity contribution >= 4 is 23.2 Å². The van der Waals surface area contributed by atoms with Crippen molar-refractivity contribution in [2.75, 3.05) is 25.1 Å². The number of nitrogens with one attached hydrogen (secondary N) is 1. The minimum atomic E-state index is -0.0315. The maximum atomic E-state index is 12.3. The topological polar surface area (TPSA) is 58.6 Å². The molecule has 0 radical (unpaired) electrons. The molecule has 112 valence electrons. The van der Waals surface area contributed by atoms with Crippen LogP contribution in [-0.4, -0.2) is 30.8 Å². The van der Waals surface area contributed by atoms with Gasteiger partial charge < -0.3 is 15.2 Å². The molecule has 1 aromatic carbocycles. The highest BCUT2D eigenvalue weighted by Crippen LogP contribution is 2.23. The average molecular weight is 308 g/mol. The molecule has 0 bridgehead atoms. The third-order valence-electron chi connectivity index (χ3n) is 3.29. The summed E-state index contributed by atoms with van der Waals surface area (Å²) in [6.45, 7) is 1.26. The number of hydrogen-bond donors (Lipinski definition) is 2. The molecule has 0 unspecified atom stereocenters. The fraction of sp³-hybridized carbons (Fsp3) is 0.438. The molecule has 0 aliphatic carbocycles. The van der Waals surface area contributed by atoms with Crippen LogP contribution in [0.4, 0.5) is 5.69 Å². The van der Waals surface area contributed by atoms with Gasteiger partial charge >= 0.3 is 0 Å². The summed E-state index contributed by atoms with van der Waals surface area (Å²) in [6, 6.07) is 5.20. The third-order valence-corrected chi connectivity index (χ3v) is 3.53. The Bertz CT molecular complexity index is 556. The highest BCUT2D eigenvalue weighted by Gasteiger charge is 2.22. The fourth-order valence-electron chi connectivity index (χ4n) is 2.14. The van der Waals surface area contributed by atoms with Crippen LogP contribution < -0.4 is 5.32 Å². The van der Waals surface area contributed by atoms with Crippen molar-refractivity contribution in [3.05, 3.63) is 28.8 Å². The van der Waals surface area contributed by atoms with Crippen molar-refractivity contribution < 1.29 is 14.6 Å². The van der Waals surface area contributed by atoms with E-state index >= 15 is 0 Å². The Balaban J connectivity index is 2.12. The van der Waals surface area contributed by atoms with Gasteiger partial charge in [-0.1, -0.05) is 23.4 Å².